The highest BCUT2D eigenvalue weighted by Gasteiger charge is 2.22. The average Bonchev–Trinajstić information content (AvgIpc) is 3.09. The van der Waals surface area contributed by atoms with Gasteiger partial charge in [0.05, 0.1) is 18.2 Å². The molecule has 0 spiro atoms. The zero-order chi connectivity index (χ0) is 23.5. The van der Waals surface area contributed by atoms with Crippen molar-refractivity contribution in [3.8, 4) is 0 Å². The van der Waals surface area contributed by atoms with Crippen molar-refractivity contribution in [1.29, 1.82) is 0 Å². The molecular weight excluding hydrogens is 470 g/mol. The fourth-order valence-corrected chi connectivity index (χ4v) is 5.02. The molecule has 1 saturated heterocycles. The predicted octanol–water partition coefficient (Wildman–Crippen LogP) is 5.50. The Morgan fingerprint density at radius 3 is 2.48 bits per heavy atom. The smallest absolute Gasteiger partial charge is 0.267 e. The van der Waals surface area contributed by atoms with Gasteiger partial charge in [0.25, 0.3) is 5.91 Å². The first-order valence-electron chi connectivity index (χ1n) is 10.3. The van der Waals surface area contributed by atoms with Gasteiger partial charge in [-0.3, -0.25) is 9.59 Å². The van der Waals surface area contributed by atoms with Crippen LogP contribution in [-0.2, 0) is 11.2 Å². The van der Waals surface area contributed by atoms with Gasteiger partial charge in [0.15, 0.2) is 5.78 Å². The van der Waals surface area contributed by atoms with Crippen LogP contribution in [0.15, 0.2) is 42.5 Å². The highest BCUT2D eigenvalue weighted by molar-refractivity contribution is 7.15. The molecule has 2 heterocycles. The lowest BCUT2D eigenvalue weighted by molar-refractivity contribution is 0.0991. The summed E-state index contributed by atoms with van der Waals surface area (Å²) in [7, 11) is 0. The van der Waals surface area contributed by atoms with Gasteiger partial charge in [-0.2, -0.15) is 0 Å². The van der Waals surface area contributed by atoms with Crippen LogP contribution in [0.2, 0.25) is 5.02 Å². The number of amides is 1. The van der Waals surface area contributed by atoms with Gasteiger partial charge in [0.2, 0.25) is 0 Å². The molecule has 3 aromatic rings. The van der Waals surface area contributed by atoms with E-state index in [1.54, 1.807) is 13.0 Å². The molecule has 1 aromatic heterocycles. The number of ether oxygens (including phenoxy) is 1. The Morgan fingerprint density at radius 2 is 1.79 bits per heavy atom. The zero-order valence-corrected chi connectivity index (χ0v) is 19.4. The number of rotatable bonds is 6. The van der Waals surface area contributed by atoms with E-state index in [9.17, 15) is 18.4 Å². The van der Waals surface area contributed by atoms with Crippen LogP contribution >= 0.6 is 22.9 Å². The van der Waals surface area contributed by atoms with Crippen molar-refractivity contribution in [3.63, 3.8) is 0 Å². The molecule has 4 rings (SSSR count). The van der Waals surface area contributed by atoms with E-state index in [4.69, 9.17) is 16.3 Å². The number of hydrogen-bond donors (Lipinski definition) is 1. The maximum Gasteiger partial charge on any atom is 0.267 e. The fourth-order valence-electron chi connectivity index (χ4n) is 3.56. The number of nitrogens with one attached hydrogen (secondary N) is 1. The van der Waals surface area contributed by atoms with Crippen molar-refractivity contribution in [2.24, 2.45) is 0 Å². The Kier molecular flexibility index (Phi) is 7.07. The third kappa shape index (κ3) is 5.40. The molecule has 0 atom stereocenters. The van der Waals surface area contributed by atoms with Gasteiger partial charge in [-0.05, 0) is 55.0 Å². The van der Waals surface area contributed by atoms with Crippen LogP contribution in [0.25, 0.3) is 0 Å². The average molecular weight is 491 g/mol. The third-order valence-electron chi connectivity index (χ3n) is 5.38. The molecule has 1 N–H and O–H groups in total. The summed E-state index contributed by atoms with van der Waals surface area (Å²) < 4.78 is 32.7. The first kappa shape index (κ1) is 23.4. The topological polar surface area (TPSA) is 58.6 Å². The summed E-state index contributed by atoms with van der Waals surface area (Å²) in [5.74, 6) is -1.61. The second-order valence-electron chi connectivity index (χ2n) is 7.65. The number of anilines is 2. The Hall–Kier alpha value is -2.81. The molecule has 0 saturated carbocycles. The lowest BCUT2D eigenvalue weighted by Gasteiger charge is -2.29. The molecule has 1 aliphatic heterocycles. The fraction of sp³-hybridized carbons (Fsp3) is 0.250. The Bertz CT molecular complexity index is 1190. The van der Waals surface area contributed by atoms with E-state index in [-0.39, 0.29) is 27.7 Å². The number of hydrogen-bond acceptors (Lipinski definition) is 5. The lowest BCUT2D eigenvalue weighted by atomic mass is 10.0. The standard InChI is InChI=1S/C24H21ClF2N2O3S/c1-14-21(33-23(22(14)25)24(31)28-18-4-2-16(26)3-5-18)13-20(30)15-10-17(27)12-19(11-15)29-6-8-32-9-7-29/h2-5,10-12H,6-9,13H2,1H3,(H,28,31). The number of benzene rings is 2. The lowest BCUT2D eigenvalue weighted by Crippen LogP contribution is -2.36. The van der Waals surface area contributed by atoms with Crippen LogP contribution < -0.4 is 10.2 Å². The SMILES string of the molecule is Cc1c(CC(=O)c2cc(F)cc(N3CCOCC3)c2)sc(C(=O)Nc2ccc(F)cc2)c1Cl. The van der Waals surface area contributed by atoms with Crippen molar-refractivity contribution < 1.29 is 23.1 Å². The van der Waals surface area contributed by atoms with E-state index in [1.165, 1.54) is 36.4 Å². The number of Topliss-reactive ketones (excluding diaryl/α,β-unsaturated/α-hetero) is 1. The summed E-state index contributed by atoms with van der Waals surface area (Å²) in [5.41, 5.74) is 1.96. The van der Waals surface area contributed by atoms with Crippen LogP contribution in [0.5, 0.6) is 0 Å². The van der Waals surface area contributed by atoms with Crippen LogP contribution in [0.1, 0.15) is 30.5 Å². The van der Waals surface area contributed by atoms with Crippen molar-refractivity contribution in [1.82, 2.24) is 0 Å². The molecule has 0 radical (unpaired) electrons. The summed E-state index contributed by atoms with van der Waals surface area (Å²) in [6.45, 7) is 4.10. The molecule has 0 unspecified atom stereocenters. The molecule has 0 aliphatic carbocycles. The van der Waals surface area contributed by atoms with E-state index in [0.717, 1.165) is 11.3 Å². The van der Waals surface area contributed by atoms with Gasteiger partial charge in [0, 0.05) is 41.3 Å². The maximum atomic E-state index is 14.3. The summed E-state index contributed by atoms with van der Waals surface area (Å²) in [4.78, 5) is 28.5. The largest absolute Gasteiger partial charge is 0.378 e. The molecule has 5 nitrogen and oxygen atoms in total. The second kappa shape index (κ2) is 9.99. The summed E-state index contributed by atoms with van der Waals surface area (Å²) in [5, 5.41) is 2.93. The quantitative estimate of drug-likeness (QED) is 0.463. The van der Waals surface area contributed by atoms with E-state index >= 15 is 0 Å². The molecule has 0 bridgehead atoms. The van der Waals surface area contributed by atoms with E-state index in [2.05, 4.69) is 5.32 Å². The number of ketones is 1. The second-order valence-corrected chi connectivity index (χ2v) is 9.13. The Morgan fingerprint density at radius 1 is 1.09 bits per heavy atom. The maximum absolute atomic E-state index is 14.3. The molecule has 1 aliphatic rings. The van der Waals surface area contributed by atoms with Gasteiger partial charge >= 0.3 is 0 Å². The minimum atomic E-state index is -0.484. The molecule has 172 valence electrons. The van der Waals surface area contributed by atoms with Crippen LogP contribution in [-0.4, -0.2) is 38.0 Å². The Labute approximate surface area is 198 Å². The highest BCUT2D eigenvalue weighted by Crippen LogP contribution is 2.34. The molecule has 1 amide bonds. The van der Waals surface area contributed by atoms with Gasteiger partial charge < -0.3 is 15.0 Å². The number of thiophene rings is 1. The number of nitrogens with zero attached hydrogens (tertiary/aromatic N) is 1. The van der Waals surface area contributed by atoms with Crippen molar-refractivity contribution in [2.75, 3.05) is 36.5 Å². The highest BCUT2D eigenvalue weighted by atomic mass is 35.5. The van der Waals surface area contributed by atoms with Crippen LogP contribution in [0.3, 0.4) is 0 Å². The van der Waals surface area contributed by atoms with E-state index < -0.39 is 17.5 Å². The van der Waals surface area contributed by atoms with Gasteiger partial charge in [-0.25, -0.2) is 8.78 Å². The summed E-state index contributed by atoms with van der Waals surface area (Å²) in [6.07, 6.45) is -0.00788. The van der Waals surface area contributed by atoms with Crippen LogP contribution in [0.4, 0.5) is 20.2 Å². The zero-order valence-electron chi connectivity index (χ0n) is 17.8. The number of morpholine rings is 1. The van der Waals surface area contributed by atoms with Crippen LogP contribution in [0, 0.1) is 18.6 Å². The van der Waals surface area contributed by atoms with Gasteiger partial charge in [0.1, 0.15) is 16.5 Å². The number of halogens is 3. The Balaban J connectivity index is 1.52. The molecule has 9 heteroatoms. The minimum Gasteiger partial charge on any atom is -0.378 e. The first-order valence-corrected chi connectivity index (χ1v) is 11.5. The summed E-state index contributed by atoms with van der Waals surface area (Å²) >= 11 is 7.50. The van der Waals surface area contributed by atoms with Crippen molar-refractivity contribution in [3.05, 3.63) is 80.0 Å². The minimum absolute atomic E-state index is 0.00788. The molecule has 2 aromatic carbocycles. The predicted molar refractivity (Wildman–Crippen MR) is 126 cm³/mol. The number of carbonyl (C=O) groups excluding carboxylic acids is 2. The molecule has 1 fully saturated rings. The van der Waals surface area contributed by atoms with Gasteiger partial charge in [-0.15, -0.1) is 11.3 Å². The molecular formula is C24H21ClF2N2O3S. The van der Waals surface area contributed by atoms with E-state index in [0.29, 0.717) is 48.1 Å². The van der Waals surface area contributed by atoms with E-state index in [1.807, 2.05) is 4.90 Å². The number of carbonyl (C=O) groups is 2. The van der Waals surface area contributed by atoms with Gasteiger partial charge in [-0.1, -0.05) is 11.6 Å². The third-order valence-corrected chi connectivity index (χ3v) is 7.26. The monoisotopic (exact) mass is 490 g/mol. The van der Waals surface area contributed by atoms with Crippen molar-refractivity contribution >= 4 is 46.0 Å². The first-order chi connectivity index (χ1) is 15.8. The normalized spacial score (nSPS) is 13.8. The van der Waals surface area contributed by atoms with Crippen molar-refractivity contribution in [2.45, 2.75) is 13.3 Å². The summed E-state index contributed by atoms with van der Waals surface area (Å²) in [6, 6.07) is 9.69. The molecule has 33 heavy (non-hydrogen) atoms.